The molecule has 1 aromatic carbocycles. The number of fused-ring (bicyclic) bond motifs is 2. The molecular formula is C17H14N2O2. The van der Waals surface area contributed by atoms with Crippen molar-refractivity contribution in [2.75, 3.05) is 0 Å². The molecule has 0 fully saturated rings. The van der Waals surface area contributed by atoms with Crippen molar-refractivity contribution in [2.24, 2.45) is 0 Å². The predicted octanol–water partition coefficient (Wildman–Crippen LogP) is 3.84. The van der Waals surface area contributed by atoms with Gasteiger partial charge in [-0.1, -0.05) is 18.2 Å². The van der Waals surface area contributed by atoms with Gasteiger partial charge in [0.25, 0.3) is 0 Å². The Bertz CT molecular complexity index is 872. The van der Waals surface area contributed by atoms with Crippen LogP contribution in [0.25, 0.3) is 21.9 Å². The maximum Gasteiger partial charge on any atom is 0.201 e. The second kappa shape index (κ2) is 4.38. The molecule has 4 rings (SSSR count). The lowest BCUT2D eigenvalue weighted by Crippen LogP contribution is -1.97. The zero-order valence-corrected chi connectivity index (χ0v) is 11.6. The third-order valence-corrected chi connectivity index (χ3v) is 3.89. The van der Waals surface area contributed by atoms with E-state index in [4.69, 9.17) is 4.42 Å². The Balaban J connectivity index is 1.83. The minimum Gasteiger partial charge on any atom is -0.494 e. The second-order valence-corrected chi connectivity index (χ2v) is 5.16. The summed E-state index contributed by atoms with van der Waals surface area (Å²) in [6, 6.07) is 11.6. The van der Waals surface area contributed by atoms with Crippen molar-refractivity contribution in [3.8, 4) is 5.88 Å². The summed E-state index contributed by atoms with van der Waals surface area (Å²) in [6.45, 7) is 2.53. The van der Waals surface area contributed by atoms with Crippen molar-refractivity contribution < 1.29 is 9.52 Å². The number of benzene rings is 1. The Morgan fingerprint density at radius 2 is 1.95 bits per heavy atom. The quantitative estimate of drug-likeness (QED) is 0.606. The number of para-hydroxylation sites is 1. The average molecular weight is 278 g/mol. The molecule has 0 unspecified atom stereocenters. The molecule has 21 heavy (non-hydrogen) atoms. The highest BCUT2D eigenvalue weighted by Gasteiger charge is 2.14. The standard InChI is InChI=1S/C17H14N2O2/c1-11-12-5-2-3-7-15(12)21-16(11)10-19-9-14-13(17(19)20)6-4-8-18-14/h2-9,20H,10H2,1H3. The number of furan rings is 1. The first-order valence-electron chi connectivity index (χ1n) is 6.84. The molecule has 4 nitrogen and oxygen atoms in total. The zero-order valence-electron chi connectivity index (χ0n) is 11.6. The Kier molecular flexibility index (Phi) is 2.51. The van der Waals surface area contributed by atoms with E-state index in [0.29, 0.717) is 6.54 Å². The van der Waals surface area contributed by atoms with Crippen LogP contribution >= 0.6 is 0 Å². The molecule has 104 valence electrons. The number of hydrogen-bond acceptors (Lipinski definition) is 3. The van der Waals surface area contributed by atoms with Gasteiger partial charge in [0, 0.05) is 23.3 Å². The third-order valence-electron chi connectivity index (χ3n) is 3.89. The van der Waals surface area contributed by atoms with Crippen molar-refractivity contribution >= 4 is 21.9 Å². The van der Waals surface area contributed by atoms with Crippen molar-refractivity contribution in [1.82, 2.24) is 9.55 Å². The predicted molar refractivity (Wildman–Crippen MR) is 81.5 cm³/mol. The number of hydrogen-bond donors (Lipinski definition) is 1. The maximum atomic E-state index is 10.3. The molecule has 0 aliphatic carbocycles. The van der Waals surface area contributed by atoms with E-state index in [1.165, 1.54) is 0 Å². The molecule has 0 saturated heterocycles. The summed E-state index contributed by atoms with van der Waals surface area (Å²) in [6.07, 6.45) is 3.57. The first-order chi connectivity index (χ1) is 10.2. The molecule has 0 radical (unpaired) electrons. The topological polar surface area (TPSA) is 51.2 Å². The van der Waals surface area contributed by atoms with E-state index >= 15 is 0 Å². The Morgan fingerprint density at radius 1 is 1.14 bits per heavy atom. The minimum absolute atomic E-state index is 0.220. The van der Waals surface area contributed by atoms with E-state index in [1.54, 1.807) is 10.8 Å². The monoisotopic (exact) mass is 278 g/mol. The van der Waals surface area contributed by atoms with E-state index < -0.39 is 0 Å². The minimum atomic E-state index is 0.220. The number of nitrogens with zero attached hydrogens (tertiary/aromatic N) is 2. The van der Waals surface area contributed by atoms with Crippen LogP contribution < -0.4 is 0 Å². The first-order valence-corrected chi connectivity index (χ1v) is 6.84. The largest absolute Gasteiger partial charge is 0.494 e. The molecular weight excluding hydrogens is 264 g/mol. The van der Waals surface area contributed by atoms with Gasteiger partial charge < -0.3 is 14.1 Å². The Morgan fingerprint density at radius 3 is 2.76 bits per heavy atom. The van der Waals surface area contributed by atoms with Crippen molar-refractivity contribution in [3.63, 3.8) is 0 Å². The summed E-state index contributed by atoms with van der Waals surface area (Å²) in [5, 5.41) is 12.2. The van der Waals surface area contributed by atoms with Gasteiger partial charge in [-0.2, -0.15) is 0 Å². The SMILES string of the molecule is Cc1c(Cn2cc3ncccc3c2O)oc2ccccc12. The van der Waals surface area contributed by atoms with Gasteiger partial charge in [-0.15, -0.1) is 0 Å². The van der Waals surface area contributed by atoms with Crippen LogP contribution in [0, 0.1) is 6.92 Å². The molecule has 0 saturated carbocycles. The van der Waals surface area contributed by atoms with Gasteiger partial charge in [0.1, 0.15) is 11.3 Å². The van der Waals surface area contributed by atoms with Gasteiger partial charge in [0.2, 0.25) is 5.88 Å². The Labute approximate surface area is 121 Å². The lowest BCUT2D eigenvalue weighted by atomic mass is 10.1. The van der Waals surface area contributed by atoms with Gasteiger partial charge in [-0.05, 0) is 25.1 Å². The highest BCUT2D eigenvalue weighted by atomic mass is 16.3. The molecule has 0 aliphatic rings. The number of pyridine rings is 1. The average Bonchev–Trinajstić information content (AvgIpc) is 2.99. The normalized spacial score (nSPS) is 11.5. The van der Waals surface area contributed by atoms with E-state index in [1.807, 2.05) is 49.5 Å². The van der Waals surface area contributed by atoms with E-state index in [9.17, 15) is 5.11 Å². The molecule has 0 atom stereocenters. The van der Waals surface area contributed by atoms with Gasteiger partial charge in [-0.25, -0.2) is 0 Å². The van der Waals surface area contributed by atoms with Crippen LogP contribution in [0.4, 0.5) is 0 Å². The molecule has 0 spiro atoms. The number of aromatic nitrogens is 2. The number of rotatable bonds is 2. The van der Waals surface area contributed by atoms with Gasteiger partial charge in [-0.3, -0.25) is 4.98 Å². The summed E-state index contributed by atoms with van der Waals surface area (Å²) in [7, 11) is 0. The zero-order chi connectivity index (χ0) is 14.4. The molecule has 4 aromatic rings. The molecule has 1 N–H and O–H groups in total. The van der Waals surface area contributed by atoms with E-state index in [2.05, 4.69) is 4.98 Å². The van der Waals surface area contributed by atoms with Crippen LogP contribution in [-0.4, -0.2) is 14.7 Å². The smallest absolute Gasteiger partial charge is 0.201 e. The van der Waals surface area contributed by atoms with Crippen LogP contribution in [0.1, 0.15) is 11.3 Å². The van der Waals surface area contributed by atoms with Gasteiger partial charge in [0.15, 0.2) is 0 Å². The fraction of sp³-hybridized carbons (Fsp3) is 0.118. The summed E-state index contributed by atoms with van der Waals surface area (Å²) >= 11 is 0. The summed E-state index contributed by atoms with van der Waals surface area (Å²) in [5.41, 5.74) is 2.76. The van der Waals surface area contributed by atoms with Crippen LogP contribution in [-0.2, 0) is 6.54 Å². The van der Waals surface area contributed by atoms with Crippen LogP contribution in [0.5, 0.6) is 5.88 Å². The first kappa shape index (κ1) is 12.0. The second-order valence-electron chi connectivity index (χ2n) is 5.16. The molecule has 0 bridgehead atoms. The fourth-order valence-corrected chi connectivity index (χ4v) is 2.72. The van der Waals surface area contributed by atoms with Crippen LogP contribution in [0.15, 0.2) is 53.2 Å². The summed E-state index contributed by atoms with van der Waals surface area (Å²) in [5.74, 6) is 1.07. The van der Waals surface area contributed by atoms with Crippen LogP contribution in [0.3, 0.4) is 0 Å². The van der Waals surface area contributed by atoms with E-state index in [0.717, 1.165) is 33.2 Å². The highest BCUT2D eigenvalue weighted by molar-refractivity contribution is 5.84. The third kappa shape index (κ3) is 1.80. The van der Waals surface area contributed by atoms with Gasteiger partial charge in [0.05, 0.1) is 17.4 Å². The lowest BCUT2D eigenvalue weighted by Gasteiger charge is -2.03. The molecule has 3 aromatic heterocycles. The van der Waals surface area contributed by atoms with Crippen LogP contribution in [0.2, 0.25) is 0 Å². The number of aryl methyl sites for hydroxylation is 1. The maximum absolute atomic E-state index is 10.3. The van der Waals surface area contributed by atoms with Crippen molar-refractivity contribution in [2.45, 2.75) is 13.5 Å². The fourth-order valence-electron chi connectivity index (χ4n) is 2.72. The lowest BCUT2D eigenvalue weighted by molar-refractivity contribution is 0.417. The van der Waals surface area contributed by atoms with Gasteiger partial charge >= 0.3 is 0 Å². The van der Waals surface area contributed by atoms with Crippen molar-refractivity contribution in [1.29, 1.82) is 0 Å². The van der Waals surface area contributed by atoms with Crippen molar-refractivity contribution in [3.05, 3.63) is 60.1 Å². The number of aromatic hydroxyl groups is 1. The summed E-state index contributed by atoms with van der Waals surface area (Å²) in [4.78, 5) is 4.26. The molecule has 0 aliphatic heterocycles. The highest BCUT2D eigenvalue weighted by Crippen LogP contribution is 2.29. The molecule has 0 amide bonds. The molecule has 4 heteroatoms. The molecule has 3 heterocycles. The van der Waals surface area contributed by atoms with E-state index in [-0.39, 0.29) is 5.88 Å². The Hall–Kier alpha value is -2.75. The summed E-state index contributed by atoms with van der Waals surface area (Å²) < 4.78 is 7.67.